The van der Waals surface area contributed by atoms with Crippen molar-refractivity contribution in [1.29, 1.82) is 0 Å². The third-order valence-electron chi connectivity index (χ3n) is 4.50. The van der Waals surface area contributed by atoms with Crippen LogP contribution in [0.5, 0.6) is 5.75 Å². The van der Waals surface area contributed by atoms with Gasteiger partial charge in [-0.05, 0) is 47.6 Å². The molecule has 1 aliphatic rings. The minimum Gasteiger partial charge on any atom is -0.497 e. The second kappa shape index (κ2) is 6.31. The molecule has 0 radical (unpaired) electrons. The van der Waals surface area contributed by atoms with Gasteiger partial charge in [0.25, 0.3) is 0 Å². The molecular weight excluding hydrogens is 258 g/mol. The summed E-state index contributed by atoms with van der Waals surface area (Å²) in [4.78, 5) is 0. The zero-order valence-electron chi connectivity index (χ0n) is 12.8. The summed E-state index contributed by atoms with van der Waals surface area (Å²) in [7, 11) is 1.70. The largest absolute Gasteiger partial charge is 0.497 e. The lowest BCUT2D eigenvalue weighted by molar-refractivity contribution is 0.414. The molecule has 2 aromatic carbocycles. The maximum atomic E-state index is 5.20. The fraction of sp³-hybridized carbons (Fsp3) is 0.368. The summed E-state index contributed by atoms with van der Waals surface area (Å²) < 4.78 is 5.20. The highest BCUT2D eigenvalue weighted by molar-refractivity contribution is 5.35. The SMILES string of the molecule is COc1ccc(CNC2CCC(C)c3ccccc32)cc1. The summed E-state index contributed by atoms with van der Waals surface area (Å²) in [5.74, 6) is 1.59. The molecule has 2 unspecified atom stereocenters. The van der Waals surface area contributed by atoms with Gasteiger partial charge in [0, 0.05) is 12.6 Å². The van der Waals surface area contributed by atoms with Crippen molar-refractivity contribution in [3.8, 4) is 5.75 Å². The number of fused-ring (bicyclic) bond motifs is 1. The molecule has 2 aromatic rings. The predicted molar refractivity (Wildman–Crippen MR) is 86.7 cm³/mol. The molecule has 0 amide bonds. The quantitative estimate of drug-likeness (QED) is 0.895. The van der Waals surface area contributed by atoms with Crippen molar-refractivity contribution < 1.29 is 4.74 Å². The van der Waals surface area contributed by atoms with Crippen molar-refractivity contribution in [2.24, 2.45) is 0 Å². The van der Waals surface area contributed by atoms with E-state index in [2.05, 4.69) is 48.6 Å². The fourth-order valence-corrected chi connectivity index (χ4v) is 3.20. The number of nitrogens with one attached hydrogen (secondary N) is 1. The van der Waals surface area contributed by atoms with Gasteiger partial charge in [-0.1, -0.05) is 43.3 Å². The number of ether oxygens (including phenoxy) is 1. The van der Waals surface area contributed by atoms with E-state index in [1.54, 1.807) is 7.11 Å². The molecule has 21 heavy (non-hydrogen) atoms. The molecule has 0 fully saturated rings. The molecular formula is C19H23NO. The standard InChI is InChI=1S/C19H23NO/c1-14-7-12-19(18-6-4-3-5-17(14)18)20-13-15-8-10-16(21-2)11-9-15/h3-6,8-11,14,19-20H,7,12-13H2,1-2H3. The van der Waals surface area contributed by atoms with Crippen LogP contribution in [0.3, 0.4) is 0 Å². The molecule has 0 bridgehead atoms. The van der Waals surface area contributed by atoms with Crippen molar-refractivity contribution >= 4 is 0 Å². The van der Waals surface area contributed by atoms with E-state index in [9.17, 15) is 0 Å². The smallest absolute Gasteiger partial charge is 0.118 e. The summed E-state index contributed by atoms with van der Waals surface area (Å²) in [6.45, 7) is 3.23. The Kier molecular flexibility index (Phi) is 4.26. The van der Waals surface area contributed by atoms with Crippen molar-refractivity contribution in [2.45, 2.75) is 38.3 Å². The van der Waals surface area contributed by atoms with Gasteiger partial charge in [0.2, 0.25) is 0 Å². The first-order valence-corrected chi connectivity index (χ1v) is 7.73. The van der Waals surface area contributed by atoms with Gasteiger partial charge < -0.3 is 10.1 Å². The first kappa shape index (κ1) is 14.2. The highest BCUT2D eigenvalue weighted by Crippen LogP contribution is 2.37. The zero-order chi connectivity index (χ0) is 14.7. The Morgan fingerprint density at radius 2 is 1.71 bits per heavy atom. The van der Waals surface area contributed by atoms with Crippen LogP contribution < -0.4 is 10.1 Å². The normalized spacial score (nSPS) is 20.9. The topological polar surface area (TPSA) is 21.3 Å². The molecule has 3 rings (SSSR count). The van der Waals surface area contributed by atoms with Crippen LogP contribution in [0.15, 0.2) is 48.5 Å². The third kappa shape index (κ3) is 3.11. The van der Waals surface area contributed by atoms with Crippen LogP contribution in [-0.2, 0) is 6.54 Å². The summed E-state index contributed by atoms with van der Waals surface area (Å²) in [5, 5.41) is 3.71. The van der Waals surface area contributed by atoms with Gasteiger partial charge in [0.1, 0.15) is 5.75 Å². The highest BCUT2D eigenvalue weighted by atomic mass is 16.5. The molecule has 0 aliphatic heterocycles. The number of benzene rings is 2. The Bertz CT molecular complexity index is 591. The van der Waals surface area contributed by atoms with E-state index in [4.69, 9.17) is 4.74 Å². The molecule has 2 nitrogen and oxygen atoms in total. The van der Waals surface area contributed by atoms with Gasteiger partial charge in [-0.2, -0.15) is 0 Å². The minimum atomic E-state index is 0.472. The number of hydrogen-bond donors (Lipinski definition) is 1. The van der Waals surface area contributed by atoms with Crippen molar-refractivity contribution in [3.05, 3.63) is 65.2 Å². The lowest BCUT2D eigenvalue weighted by Gasteiger charge is -2.30. The maximum Gasteiger partial charge on any atom is 0.118 e. The molecule has 0 saturated heterocycles. The molecule has 0 spiro atoms. The van der Waals surface area contributed by atoms with E-state index in [-0.39, 0.29) is 0 Å². The molecule has 0 aromatic heterocycles. The maximum absolute atomic E-state index is 5.20. The van der Waals surface area contributed by atoms with Crippen LogP contribution >= 0.6 is 0 Å². The van der Waals surface area contributed by atoms with Crippen LogP contribution in [0.1, 0.15) is 48.4 Å². The van der Waals surface area contributed by atoms with E-state index < -0.39 is 0 Å². The summed E-state index contributed by atoms with van der Waals surface area (Å²) >= 11 is 0. The number of rotatable bonds is 4. The van der Waals surface area contributed by atoms with Gasteiger partial charge >= 0.3 is 0 Å². The fourth-order valence-electron chi connectivity index (χ4n) is 3.20. The number of hydrogen-bond acceptors (Lipinski definition) is 2. The summed E-state index contributed by atoms with van der Waals surface area (Å²) in [6, 6.07) is 17.6. The Morgan fingerprint density at radius 1 is 1.00 bits per heavy atom. The van der Waals surface area contributed by atoms with Crippen molar-refractivity contribution in [2.75, 3.05) is 7.11 Å². The lowest BCUT2D eigenvalue weighted by Crippen LogP contribution is -2.25. The molecule has 2 atom stereocenters. The Labute approximate surface area is 127 Å². The van der Waals surface area contributed by atoms with Crippen LogP contribution in [-0.4, -0.2) is 7.11 Å². The zero-order valence-corrected chi connectivity index (χ0v) is 12.8. The Hall–Kier alpha value is -1.80. The second-order valence-electron chi connectivity index (χ2n) is 5.89. The van der Waals surface area contributed by atoms with Gasteiger partial charge in [0.15, 0.2) is 0 Å². The molecule has 0 saturated carbocycles. The van der Waals surface area contributed by atoms with Crippen LogP contribution in [0.4, 0.5) is 0 Å². The Morgan fingerprint density at radius 3 is 2.43 bits per heavy atom. The monoisotopic (exact) mass is 281 g/mol. The van der Waals surface area contributed by atoms with Gasteiger partial charge in [-0.3, -0.25) is 0 Å². The molecule has 1 N–H and O–H groups in total. The van der Waals surface area contributed by atoms with Crippen molar-refractivity contribution in [1.82, 2.24) is 5.32 Å². The Balaban J connectivity index is 1.69. The minimum absolute atomic E-state index is 0.472. The summed E-state index contributed by atoms with van der Waals surface area (Å²) in [5.41, 5.74) is 4.28. The van der Waals surface area contributed by atoms with Gasteiger partial charge in [0.05, 0.1) is 7.11 Å². The van der Waals surface area contributed by atoms with E-state index in [1.807, 2.05) is 12.1 Å². The average molecular weight is 281 g/mol. The van der Waals surface area contributed by atoms with Gasteiger partial charge in [-0.15, -0.1) is 0 Å². The molecule has 1 aliphatic carbocycles. The van der Waals surface area contributed by atoms with E-state index >= 15 is 0 Å². The number of methoxy groups -OCH3 is 1. The van der Waals surface area contributed by atoms with E-state index in [0.717, 1.165) is 12.3 Å². The first-order chi connectivity index (χ1) is 10.3. The van der Waals surface area contributed by atoms with Crippen LogP contribution in [0.25, 0.3) is 0 Å². The molecule has 110 valence electrons. The lowest BCUT2D eigenvalue weighted by atomic mass is 9.81. The van der Waals surface area contributed by atoms with Crippen LogP contribution in [0.2, 0.25) is 0 Å². The highest BCUT2D eigenvalue weighted by Gasteiger charge is 2.23. The van der Waals surface area contributed by atoms with Gasteiger partial charge in [-0.25, -0.2) is 0 Å². The van der Waals surface area contributed by atoms with E-state index in [1.165, 1.54) is 29.5 Å². The average Bonchev–Trinajstić information content (AvgIpc) is 2.55. The van der Waals surface area contributed by atoms with E-state index in [0.29, 0.717) is 12.0 Å². The first-order valence-electron chi connectivity index (χ1n) is 7.73. The summed E-state index contributed by atoms with van der Waals surface area (Å²) in [6.07, 6.45) is 2.48. The predicted octanol–water partition coefficient (Wildman–Crippen LogP) is 4.42. The molecule has 0 heterocycles. The second-order valence-corrected chi connectivity index (χ2v) is 5.89. The van der Waals surface area contributed by atoms with Crippen molar-refractivity contribution in [3.63, 3.8) is 0 Å². The third-order valence-corrected chi connectivity index (χ3v) is 4.50. The molecule has 2 heteroatoms. The van der Waals surface area contributed by atoms with Crippen LogP contribution in [0, 0.1) is 0 Å².